The van der Waals surface area contributed by atoms with Gasteiger partial charge in [-0.2, -0.15) is 0 Å². The van der Waals surface area contributed by atoms with Crippen molar-refractivity contribution in [1.29, 1.82) is 0 Å². The number of fused-ring (bicyclic) bond motifs is 1. The lowest BCUT2D eigenvalue weighted by Gasteiger charge is -2.34. The molecule has 0 bridgehead atoms. The molecule has 6 heteroatoms. The first-order chi connectivity index (χ1) is 18.0. The summed E-state index contributed by atoms with van der Waals surface area (Å²) in [5, 5.41) is 3.27. The molecule has 1 aliphatic heterocycles. The predicted octanol–water partition coefficient (Wildman–Crippen LogP) is 5.50. The molecule has 194 valence electrons. The van der Waals surface area contributed by atoms with Gasteiger partial charge in [0.25, 0.3) is 5.91 Å². The van der Waals surface area contributed by atoms with Crippen LogP contribution in [-0.2, 0) is 16.0 Å². The standard InChI is InChI=1S/C31H38N4O2/c1-4-12-26(21-23(2)3)35(29(36)22-32-20-18-24-13-10-11-19-33-24)30-27-16-8-9-17-28(27)34(31(30)37)25-14-6-5-7-15-25/h4,8-13,16-17,19,21,25,30,32H,2,5-7,14-15,18,20,22H2,1,3H3/b12-4-,26-21+. The van der Waals surface area contributed by atoms with E-state index in [0.29, 0.717) is 12.2 Å². The lowest BCUT2D eigenvalue weighted by atomic mass is 9.94. The molecule has 1 saturated carbocycles. The van der Waals surface area contributed by atoms with Gasteiger partial charge in [0.05, 0.1) is 6.54 Å². The summed E-state index contributed by atoms with van der Waals surface area (Å²) in [6, 6.07) is 13.2. The number of carbonyl (C=O) groups excluding carboxylic acids is 2. The van der Waals surface area contributed by atoms with Crippen LogP contribution in [0.1, 0.15) is 63.3 Å². The van der Waals surface area contributed by atoms with Crippen molar-refractivity contribution < 1.29 is 9.59 Å². The van der Waals surface area contributed by atoms with Crippen LogP contribution >= 0.6 is 0 Å². The third-order valence-corrected chi connectivity index (χ3v) is 7.00. The first-order valence-electron chi connectivity index (χ1n) is 13.4. The fourth-order valence-corrected chi connectivity index (χ4v) is 5.39. The zero-order valence-corrected chi connectivity index (χ0v) is 22.0. The number of aromatic nitrogens is 1. The van der Waals surface area contributed by atoms with Crippen LogP contribution in [-0.4, -0.2) is 40.8 Å². The lowest BCUT2D eigenvalue weighted by Crippen LogP contribution is -2.46. The van der Waals surface area contributed by atoms with Crippen LogP contribution in [0.3, 0.4) is 0 Å². The molecule has 1 aromatic heterocycles. The zero-order valence-electron chi connectivity index (χ0n) is 22.0. The van der Waals surface area contributed by atoms with Gasteiger partial charge in [0, 0.05) is 47.8 Å². The fourth-order valence-electron chi connectivity index (χ4n) is 5.39. The van der Waals surface area contributed by atoms with Crippen LogP contribution in [0.25, 0.3) is 0 Å². The Morgan fingerprint density at radius 3 is 2.62 bits per heavy atom. The largest absolute Gasteiger partial charge is 0.308 e. The molecule has 4 rings (SSSR count). The molecule has 2 aliphatic rings. The van der Waals surface area contributed by atoms with E-state index in [9.17, 15) is 9.59 Å². The van der Waals surface area contributed by atoms with E-state index in [1.165, 1.54) is 6.42 Å². The molecule has 1 aliphatic carbocycles. The number of hydrogen-bond donors (Lipinski definition) is 1. The van der Waals surface area contributed by atoms with E-state index in [1.807, 2.05) is 79.4 Å². The topological polar surface area (TPSA) is 65.5 Å². The second-order valence-electron chi connectivity index (χ2n) is 9.89. The molecule has 1 aromatic carbocycles. The molecule has 37 heavy (non-hydrogen) atoms. The number of hydrogen-bond acceptors (Lipinski definition) is 4. The summed E-state index contributed by atoms with van der Waals surface area (Å²) in [4.78, 5) is 36.0. The number of carbonyl (C=O) groups is 2. The maximum absolute atomic E-state index is 14.1. The number of allylic oxidation sites excluding steroid dienone is 4. The van der Waals surface area contributed by atoms with Gasteiger partial charge in [-0.1, -0.05) is 61.8 Å². The van der Waals surface area contributed by atoms with Crippen molar-refractivity contribution in [2.45, 2.75) is 64.5 Å². The highest BCUT2D eigenvalue weighted by molar-refractivity contribution is 6.07. The maximum Gasteiger partial charge on any atom is 0.255 e. The average molecular weight is 499 g/mol. The number of benzene rings is 1. The van der Waals surface area contributed by atoms with Gasteiger partial charge in [0.15, 0.2) is 0 Å². The van der Waals surface area contributed by atoms with Crippen LogP contribution in [0.4, 0.5) is 5.69 Å². The van der Waals surface area contributed by atoms with E-state index in [1.54, 1.807) is 11.1 Å². The second-order valence-corrected chi connectivity index (χ2v) is 9.89. The number of para-hydroxylation sites is 1. The molecule has 2 heterocycles. The third kappa shape index (κ3) is 6.25. The normalized spacial score (nSPS) is 18.3. The summed E-state index contributed by atoms with van der Waals surface area (Å²) in [6.45, 7) is 8.59. The first kappa shape index (κ1) is 26.6. The molecule has 0 saturated heterocycles. The number of pyridine rings is 1. The van der Waals surface area contributed by atoms with Crippen molar-refractivity contribution in [3.63, 3.8) is 0 Å². The molecule has 6 nitrogen and oxygen atoms in total. The van der Waals surface area contributed by atoms with Gasteiger partial charge in [-0.15, -0.1) is 0 Å². The summed E-state index contributed by atoms with van der Waals surface area (Å²) in [5.41, 5.74) is 4.28. The highest BCUT2D eigenvalue weighted by atomic mass is 16.2. The van der Waals surface area contributed by atoms with Crippen molar-refractivity contribution in [3.05, 3.63) is 96.0 Å². The minimum Gasteiger partial charge on any atom is -0.308 e. The number of anilines is 1. The highest BCUT2D eigenvalue weighted by Gasteiger charge is 2.45. The minimum atomic E-state index is -0.704. The molecule has 2 aromatic rings. The van der Waals surface area contributed by atoms with Gasteiger partial charge in [-0.25, -0.2) is 0 Å². The molecule has 2 amide bonds. The Balaban J connectivity index is 1.63. The van der Waals surface area contributed by atoms with Gasteiger partial charge in [-0.05, 0) is 57.0 Å². The van der Waals surface area contributed by atoms with Crippen molar-refractivity contribution >= 4 is 17.5 Å². The monoisotopic (exact) mass is 498 g/mol. The molecule has 1 unspecified atom stereocenters. The number of rotatable bonds is 10. The molecule has 1 N–H and O–H groups in total. The van der Waals surface area contributed by atoms with E-state index in [-0.39, 0.29) is 24.4 Å². The Bertz CT molecular complexity index is 1160. The van der Waals surface area contributed by atoms with Crippen LogP contribution in [0.5, 0.6) is 0 Å². The number of nitrogens with one attached hydrogen (secondary N) is 1. The Hall–Kier alpha value is -3.51. The van der Waals surface area contributed by atoms with Gasteiger partial charge >= 0.3 is 0 Å². The summed E-state index contributed by atoms with van der Waals surface area (Å²) in [6.07, 6.45) is 13.6. The smallest absolute Gasteiger partial charge is 0.255 e. The Morgan fingerprint density at radius 2 is 1.92 bits per heavy atom. The molecular formula is C31H38N4O2. The second kappa shape index (κ2) is 12.6. The molecule has 0 spiro atoms. The summed E-state index contributed by atoms with van der Waals surface area (Å²) in [5.74, 6) is -0.169. The van der Waals surface area contributed by atoms with Gasteiger partial charge in [0.1, 0.15) is 6.04 Å². The lowest BCUT2D eigenvalue weighted by molar-refractivity contribution is -0.136. The van der Waals surface area contributed by atoms with Gasteiger partial charge in [0.2, 0.25) is 5.91 Å². The first-order valence-corrected chi connectivity index (χ1v) is 13.4. The fraction of sp³-hybridized carbons (Fsp3) is 0.387. The molecule has 1 atom stereocenters. The SMILES string of the molecule is C=C(C)/C=C(\C=C/C)N(C(=O)CNCCc1ccccn1)C1C(=O)N(C2CCCCC2)c2ccccc21. The minimum absolute atomic E-state index is 0.0212. The average Bonchev–Trinajstić information content (AvgIpc) is 3.19. The third-order valence-electron chi connectivity index (χ3n) is 7.00. The van der Waals surface area contributed by atoms with Crippen LogP contribution in [0, 0.1) is 0 Å². The predicted molar refractivity (Wildman–Crippen MR) is 149 cm³/mol. The highest BCUT2D eigenvalue weighted by Crippen LogP contribution is 2.44. The van der Waals surface area contributed by atoms with E-state index >= 15 is 0 Å². The maximum atomic E-state index is 14.1. The Morgan fingerprint density at radius 1 is 1.16 bits per heavy atom. The zero-order chi connectivity index (χ0) is 26.2. The quantitative estimate of drug-likeness (QED) is 0.347. The van der Waals surface area contributed by atoms with Crippen molar-refractivity contribution in [3.8, 4) is 0 Å². The van der Waals surface area contributed by atoms with E-state index in [2.05, 4.69) is 16.9 Å². The summed E-state index contributed by atoms with van der Waals surface area (Å²) < 4.78 is 0. The van der Waals surface area contributed by atoms with Gasteiger partial charge < -0.3 is 10.2 Å². The van der Waals surface area contributed by atoms with Crippen LogP contribution in [0.2, 0.25) is 0 Å². The Kier molecular flexibility index (Phi) is 9.07. The van der Waals surface area contributed by atoms with E-state index in [0.717, 1.165) is 54.6 Å². The van der Waals surface area contributed by atoms with Crippen molar-refractivity contribution in [2.24, 2.45) is 0 Å². The number of amides is 2. The molecule has 1 fully saturated rings. The van der Waals surface area contributed by atoms with Crippen molar-refractivity contribution in [1.82, 2.24) is 15.2 Å². The molecule has 0 radical (unpaired) electrons. The van der Waals surface area contributed by atoms with Crippen LogP contribution in [0.15, 0.2) is 84.7 Å². The van der Waals surface area contributed by atoms with E-state index < -0.39 is 6.04 Å². The summed E-state index contributed by atoms with van der Waals surface area (Å²) in [7, 11) is 0. The summed E-state index contributed by atoms with van der Waals surface area (Å²) >= 11 is 0. The number of nitrogens with zero attached hydrogens (tertiary/aromatic N) is 3. The van der Waals surface area contributed by atoms with E-state index in [4.69, 9.17) is 0 Å². The van der Waals surface area contributed by atoms with Crippen molar-refractivity contribution in [2.75, 3.05) is 18.0 Å². The van der Waals surface area contributed by atoms with Crippen LogP contribution < -0.4 is 10.2 Å². The Labute approximate surface area is 220 Å². The molecular weight excluding hydrogens is 460 g/mol. The van der Waals surface area contributed by atoms with Gasteiger partial charge in [-0.3, -0.25) is 19.5 Å².